The average molecular weight is 167 g/mol. The van der Waals surface area contributed by atoms with E-state index in [9.17, 15) is 0 Å². The maximum Gasteiger partial charge on any atom is 0.313 e. The van der Waals surface area contributed by atoms with Gasteiger partial charge in [-0.1, -0.05) is 27.7 Å². The van der Waals surface area contributed by atoms with Crippen LogP contribution in [0.15, 0.2) is 0 Å². The monoisotopic (exact) mass is 167 g/mol. The lowest BCUT2D eigenvalue weighted by Crippen LogP contribution is -2.52. The summed E-state index contributed by atoms with van der Waals surface area (Å²) in [4.78, 5) is 4.84. The first-order chi connectivity index (χ1) is 5.61. The van der Waals surface area contributed by atoms with E-state index in [-0.39, 0.29) is 0 Å². The topological polar surface area (TPSA) is 6.48 Å². The van der Waals surface area contributed by atoms with E-state index in [2.05, 4.69) is 44.9 Å². The third-order valence-electron chi connectivity index (χ3n) is 2.46. The summed E-state index contributed by atoms with van der Waals surface area (Å²) in [5.41, 5.74) is 0. The number of hydrogen-bond donors (Lipinski definition) is 0. The number of rotatable bonds is 2. The van der Waals surface area contributed by atoms with E-state index in [0.717, 1.165) is 0 Å². The predicted octanol–water partition coefficient (Wildman–Crippen LogP) is 1.35. The first-order valence-electron chi connectivity index (χ1n) is 4.97. The summed E-state index contributed by atoms with van der Waals surface area (Å²) in [5, 5.41) is 0. The summed E-state index contributed by atoms with van der Waals surface area (Å²) in [5.74, 6) is 0. The molecule has 69 valence electrons. The highest BCUT2D eigenvalue weighted by atomic mass is 15.2. The fraction of sp³-hybridized carbons (Fsp3) is 1.00. The Bertz CT molecular complexity index is 122. The molecule has 12 heavy (non-hydrogen) atoms. The molecule has 0 spiro atoms. The van der Waals surface area contributed by atoms with Gasteiger partial charge in [0, 0.05) is 0 Å². The van der Waals surface area contributed by atoms with Crippen LogP contribution in [-0.2, 0) is 0 Å². The molecule has 0 saturated carbocycles. The van der Waals surface area contributed by atoms with Crippen molar-refractivity contribution < 1.29 is 0 Å². The zero-order valence-corrected chi connectivity index (χ0v) is 8.75. The molecule has 0 aromatic rings. The van der Waals surface area contributed by atoms with Gasteiger partial charge in [-0.3, -0.25) is 0 Å². The van der Waals surface area contributed by atoms with Crippen molar-refractivity contribution in [2.75, 3.05) is 13.1 Å². The van der Waals surface area contributed by atoms with Gasteiger partial charge in [0.15, 0.2) is 0 Å². The van der Waals surface area contributed by atoms with Crippen molar-refractivity contribution >= 4 is 7.55 Å². The van der Waals surface area contributed by atoms with Crippen molar-refractivity contribution in [1.29, 1.82) is 0 Å². The molecule has 0 aromatic carbocycles. The molecule has 1 aliphatic heterocycles. The minimum atomic E-state index is 0.645. The van der Waals surface area contributed by atoms with Crippen LogP contribution in [0.1, 0.15) is 34.1 Å². The minimum Gasteiger partial charge on any atom is -0.330 e. The van der Waals surface area contributed by atoms with Crippen molar-refractivity contribution in [3.8, 4) is 0 Å². The van der Waals surface area contributed by atoms with Crippen molar-refractivity contribution in [2.24, 2.45) is 0 Å². The second-order valence-corrected chi connectivity index (χ2v) is 4.13. The first-order valence-corrected chi connectivity index (χ1v) is 4.97. The maximum absolute atomic E-state index is 2.42. The molecule has 1 saturated heterocycles. The van der Waals surface area contributed by atoms with Crippen LogP contribution >= 0.6 is 0 Å². The molecular formula is C9H20BN2. The van der Waals surface area contributed by atoms with Crippen LogP contribution < -0.4 is 0 Å². The summed E-state index contributed by atoms with van der Waals surface area (Å²) in [7, 11) is 2.29. The van der Waals surface area contributed by atoms with Crippen molar-refractivity contribution in [1.82, 2.24) is 9.62 Å². The van der Waals surface area contributed by atoms with E-state index >= 15 is 0 Å². The largest absolute Gasteiger partial charge is 0.330 e. The quantitative estimate of drug-likeness (QED) is 0.572. The van der Waals surface area contributed by atoms with Crippen LogP contribution in [0.3, 0.4) is 0 Å². The highest BCUT2D eigenvalue weighted by Crippen LogP contribution is 2.09. The van der Waals surface area contributed by atoms with Crippen LogP contribution in [0.4, 0.5) is 0 Å². The standard InChI is InChI=1S/C9H20BN2/c1-8(2)11-6-5-7-12(10-11)9(3)4/h8-9H,5-7H2,1-4H3. The van der Waals surface area contributed by atoms with Crippen molar-refractivity contribution in [3.05, 3.63) is 0 Å². The van der Waals surface area contributed by atoms with Gasteiger partial charge in [-0.2, -0.15) is 0 Å². The Hall–Kier alpha value is -0.0151. The molecular weight excluding hydrogens is 147 g/mol. The van der Waals surface area contributed by atoms with Gasteiger partial charge < -0.3 is 9.62 Å². The molecule has 2 nitrogen and oxygen atoms in total. The Balaban J connectivity index is 2.40. The molecule has 1 heterocycles. The Labute approximate surface area is 77.2 Å². The summed E-state index contributed by atoms with van der Waals surface area (Å²) in [6.45, 7) is 11.4. The van der Waals surface area contributed by atoms with Crippen LogP contribution in [0.2, 0.25) is 0 Å². The van der Waals surface area contributed by atoms with Crippen molar-refractivity contribution in [2.45, 2.75) is 46.2 Å². The van der Waals surface area contributed by atoms with Gasteiger partial charge in [0.2, 0.25) is 0 Å². The fourth-order valence-electron chi connectivity index (χ4n) is 1.52. The summed E-state index contributed by atoms with van der Waals surface area (Å²) < 4.78 is 0. The Morgan fingerprint density at radius 3 is 1.67 bits per heavy atom. The summed E-state index contributed by atoms with van der Waals surface area (Å²) in [6.07, 6.45) is 1.30. The van der Waals surface area contributed by atoms with Gasteiger partial charge in [0.25, 0.3) is 0 Å². The van der Waals surface area contributed by atoms with Gasteiger partial charge in [0.05, 0.1) is 0 Å². The minimum absolute atomic E-state index is 0.645. The zero-order chi connectivity index (χ0) is 9.14. The SMILES string of the molecule is CC(C)N1[B]N(C(C)C)CCC1. The zero-order valence-electron chi connectivity index (χ0n) is 8.75. The normalized spacial score (nSPS) is 21.8. The second kappa shape index (κ2) is 4.29. The summed E-state index contributed by atoms with van der Waals surface area (Å²) in [6, 6.07) is 1.29. The smallest absolute Gasteiger partial charge is 0.313 e. The van der Waals surface area contributed by atoms with Gasteiger partial charge in [-0.25, -0.2) is 0 Å². The molecule has 0 bridgehead atoms. The third-order valence-corrected chi connectivity index (χ3v) is 2.46. The Morgan fingerprint density at radius 2 is 1.33 bits per heavy atom. The van der Waals surface area contributed by atoms with E-state index in [1.54, 1.807) is 0 Å². The molecule has 0 N–H and O–H groups in total. The van der Waals surface area contributed by atoms with E-state index < -0.39 is 0 Å². The van der Waals surface area contributed by atoms with E-state index in [0.29, 0.717) is 12.1 Å². The molecule has 0 amide bonds. The third kappa shape index (κ3) is 2.49. The number of hydrogen-bond acceptors (Lipinski definition) is 2. The average Bonchev–Trinajstić information content (AvgIpc) is 2.04. The highest BCUT2D eigenvalue weighted by molar-refractivity contribution is 6.28. The highest BCUT2D eigenvalue weighted by Gasteiger charge is 2.22. The lowest BCUT2D eigenvalue weighted by atomic mass is 9.94. The van der Waals surface area contributed by atoms with E-state index in [4.69, 9.17) is 0 Å². The molecule has 1 rings (SSSR count). The van der Waals surface area contributed by atoms with Crippen molar-refractivity contribution in [3.63, 3.8) is 0 Å². The van der Waals surface area contributed by atoms with Crippen LogP contribution in [-0.4, -0.2) is 42.3 Å². The molecule has 0 aliphatic carbocycles. The Kier molecular flexibility index (Phi) is 3.60. The summed E-state index contributed by atoms with van der Waals surface area (Å²) >= 11 is 0. The van der Waals surface area contributed by atoms with Gasteiger partial charge in [0.1, 0.15) is 0 Å². The fourth-order valence-corrected chi connectivity index (χ4v) is 1.52. The molecule has 0 atom stereocenters. The van der Waals surface area contributed by atoms with Gasteiger partial charge in [-0.15, -0.1) is 0 Å². The molecule has 1 aliphatic rings. The molecule has 1 radical (unpaired) electrons. The number of nitrogens with zero attached hydrogens (tertiary/aromatic N) is 2. The first kappa shape index (κ1) is 10.1. The Morgan fingerprint density at radius 1 is 0.917 bits per heavy atom. The second-order valence-electron chi connectivity index (χ2n) is 4.13. The molecule has 1 fully saturated rings. The van der Waals surface area contributed by atoms with Gasteiger partial charge >= 0.3 is 7.55 Å². The maximum atomic E-state index is 2.42. The van der Waals surface area contributed by atoms with Crippen LogP contribution in [0.25, 0.3) is 0 Å². The van der Waals surface area contributed by atoms with Gasteiger partial charge in [-0.05, 0) is 31.6 Å². The predicted molar refractivity (Wildman–Crippen MR) is 54.1 cm³/mol. The van der Waals surface area contributed by atoms with E-state index in [1.807, 2.05) is 0 Å². The van der Waals surface area contributed by atoms with Crippen LogP contribution in [0.5, 0.6) is 0 Å². The lowest BCUT2D eigenvalue weighted by molar-refractivity contribution is 0.241. The molecule has 0 unspecified atom stereocenters. The lowest BCUT2D eigenvalue weighted by Gasteiger charge is -2.38. The van der Waals surface area contributed by atoms with E-state index in [1.165, 1.54) is 19.5 Å². The molecule has 3 heteroatoms. The molecule has 0 aromatic heterocycles. The van der Waals surface area contributed by atoms with Crippen LogP contribution in [0, 0.1) is 0 Å².